The maximum Gasteiger partial charge on any atom is 0.347 e. The molecular formula is C30H35N5O6. The van der Waals surface area contributed by atoms with Crippen LogP contribution in [0.5, 0.6) is 11.5 Å². The maximum absolute atomic E-state index is 13.0. The fourth-order valence-corrected chi connectivity index (χ4v) is 4.64. The Morgan fingerprint density at radius 1 is 1.17 bits per heavy atom. The number of esters is 1. The molecule has 0 amide bonds. The van der Waals surface area contributed by atoms with E-state index in [0.717, 1.165) is 49.6 Å². The number of carbonyl (C=O) groups excluding carboxylic acids is 1. The molecule has 0 atom stereocenters. The summed E-state index contributed by atoms with van der Waals surface area (Å²) in [7, 11) is 3.65. The molecule has 216 valence electrons. The van der Waals surface area contributed by atoms with Crippen LogP contribution in [0.2, 0.25) is 0 Å². The van der Waals surface area contributed by atoms with Gasteiger partial charge in [-0.05, 0) is 55.9 Å². The van der Waals surface area contributed by atoms with Gasteiger partial charge in [-0.15, -0.1) is 0 Å². The number of anilines is 2. The summed E-state index contributed by atoms with van der Waals surface area (Å²) in [6, 6.07) is 9.31. The Labute approximate surface area is 239 Å². The number of aromatic nitrogens is 1. The molecule has 0 bridgehead atoms. The average Bonchev–Trinajstić information content (AvgIpc) is 3.51. The van der Waals surface area contributed by atoms with E-state index >= 15 is 0 Å². The topological polar surface area (TPSA) is 122 Å². The summed E-state index contributed by atoms with van der Waals surface area (Å²) in [4.78, 5) is 26.2. The molecule has 2 N–H and O–H groups in total. The van der Waals surface area contributed by atoms with Crippen LogP contribution >= 0.6 is 0 Å². The van der Waals surface area contributed by atoms with Gasteiger partial charge in [-0.25, -0.2) is 14.8 Å². The van der Waals surface area contributed by atoms with E-state index in [-0.39, 0.29) is 36.2 Å². The van der Waals surface area contributed by atoms with Crippen molar-refractivity contribution in [2.45, 2.75) is 6.92 Å². The first kappa shape index (κ1) is 28.3. The summed E-state index contributed by atoms with van der Waals surface area (Å²) in [5.74, 6) is 0.398. The van der Waals surface area contributed by atoms with E-state index in [1.54, 1.807) is 24.6 Å². The Morgan fingerprint density at radius 2 is 2.00 bits per heavy atom. The molecular weight excluding hydrogens is 526 g/mol. The van der Waals surface area contributed by atoms with Gasteiger partial charge in [0.15, 0.2) is 22.9 Å². The molecule has 0 unspecified atom stereocenters. The largest absolute Gasteiger partial charge is 0.504 e. The van der Waals surface area contributed by atoms with Gasteiger partial charge < -0.3 is 34.0 Å². The van der Waals surface area contributed by atoms with Gasteiger partial charge in [0.05, 0.1) is 6.61 Å². The van der Waals surface area contributed by atoms with Crippen LogP contribution in [0.4, 0.5) is 17.4 Å². The zero-order chi connectivity index (χ0) is 28.8. The number of hydrogen-bond acceptors (Lipinski definition) is 11. The van der Waals surface area contributed by atoms with Crippen LogP contribution in [0, 0.1) is 6.92 Å². The number of allylic oxidation sites excluding steroid dienone is 1. The van der Waals surface area contributed by atoms with Gasteiger partial charge in [-0.3, -0.25) is 4.90 Å². The fourth-order valence-electron chi connectivity index (χ4n) is 4.64. The lowest BCUT2D eigenvalue weighted by Crippen LogP contribution is -2.45. The smallest absolute Gasteiger partial charge is 0.347 e. The first-order chi connectivity index (χ1) is 19.9. The molecule has 2 aliphatic heterocycles. The molecule has 2 aliphatic rings. The summed E-state index contributed by atoms with van der Waals surface area (Å²) in [5, 5.41) is 14.2. The van der Waals surface area contributed by atoms with Crippen LogP contribution in [0.25, 0.3) is 11.6 Å². The van der Waals surface area contributed by atoms with E-state index < -0.39 is 5.97 Å². The average molecular weight is 562 g/mol. The van der Waals surface area contributed by atoms with Crippen LogP contribution < -0.4 is 10.1 Å². The highest BCUT2D eigenvalue weighted by Crippen LogP contribution is 2.40. The third-order valence-electron chi connectivity index (χ3n) is 7.06. The molecule has 1 saturated heterocycles. The Balaban J connectivity index is 1.34. The Bertz CT molecular complexity index is 1440. The van der Waals surface area contributed by atoms with E-state index in [2.05, 4.69) is 32.1 Å². The summed E-state index contributed by atoms with van der Waals surface area (Å²) < 4.78 is 22.3. The highest BCUT2D eigenvalue weighted by atomic mass is 16.6. The minimum atomic E-state index is -0.737. The van der Waals surface area contributed by atoms with Crippen molar-refractivity contribution in [2.24, 2.45) is 4.99 Å². The van der Waals surface area contributed by atoms with Crippen molar-refractivity contribution in [2.75, 3.05) is 72.0 Å². The number of rotatable bonds is 11. The molecule has 2 aromatic heterocycles. The van der Waals surface area contributed by atoms with Crippen molar-refractivity contribution in [3.8, 4) is 11.5 Å². The lowest BCUT2D eigenvalue weighted by atomic mass is 10.1. The van der Waals surface area contributed by atoms with Crippen LogP contribution in [-0.2, 0) is 9.47 Å². The van der Waals surface area contributed by atoms with Gasteiger partial charge in [-0.1, -0.05) is 0 Å². The van der Waals surface area contributed by atoms with E-state index in [1.165, 1.54) is 7.11 Å². The first-order valence-electron chi connectivity index (χ1n) is 13.6. The third kappa shape index (κ3) is 6.76. The molecule has 0 saturated carbocycles. The quantitative estimate of drug-likeness (QED) is 0.261. The number of nitrogens with one attached hydrogen (secondary N) is 1. The standard InChI is InChI=1S/C30H35N5O6/c1-20-17-22(39-14-13-35-11-9-34(2)10-12-35)6-7-24(20)33-29-26(30(37)40-16-15-38-3)27(36)25(41-29)18-21-19-32-28-23(21)5-4-8-31-28/h4-8,17-19,33,36H,9-16H2,1-3H3. The van der Waals surface area contributed by atoms with Crippen molar-refractivity contribution in [3.63, 3.8) is 0 Å². The van der Waals surface area contributed by atoms with Crippen molar-refractivity contribution in [1.82, 2.24) is 14.8 Å². The second-order valence-corrected chi connectivity index (χ2v) is 9.98. The molecule has 1 fully saturated rings. The van der Waals surface area contributed by atoms with Gasteiger partial charge in [-0.2, -0.15) is 0 Å². The number of nitrogens with zero attached hydrogens (tertiary/aromatic N) is 4. The number of piperazine rings is 1. The van der Waals surface area contributed by atoms with Crippen LogP contribution in [0.1, 0.15) is 27.2 Å². The zero-order valence-corrected chi connectivity index (χ0v) is 23.6. The van der Waals surface area contributed by atoms with E-state index in [0.29, 0.717) is 23.7 Å². The lowest BCUT2D eigenvalue weighted by molar-refractivity contribution is 0.0386. The molecule has 3 aromatic rings. The first-order valence-corrected chi connectivity index (χ1v) is 13.6. The summed E-state index contributed by atoms with van der Waals surface area (Å²) in [6.07, 6.45) is 4.91. The minimum Gasteiger partial charge on any atom is -0.504 e. The second kappa shape index (κ2) is 13.0. The predicted molar refractivity (Wildman–Crippen MR) is 157 cm³/mol. The van der Waals surface area contributed by atoms with Gasteiger partial charge in [0, 0.05) is 69.1 Å². The molecule has 4 heterocycles. The number of furan rings is 1. The van der Waals surface area contributed by atoms with Crippen LogP contribution in [-0.4, -0.2) is 98.8 Å². The monoisotopic (exact) mass is 561 g/mol. The molecule has 0 radical (unpaired) electrons. The Hall–Kier alpha value is -4.19. The lowest BCUT2D eigenvalue weighted by Gasteiger charge is -2.32. The zero-order valence-electron chi connectivity index (χ0n) is 23.6. The Morgan fingerprint density at radius 3 is 2.78 bits per heavy atom. The summed E-state index contributed by atoms with van der Waals surface area (Å²) >= 11 is 0. The van der Waals surface area contributed by atoms with Crippen LogP contribution in [0.3, 0.4) is 0 Å². The number of carbonyl (C=O) groups is 1. The molecule has 11 heteroatoms. The van der Waals surface area contributed by atoms with Crippen molar-refractivity contribution >= 4 is 41.2 Å². The number of aryl methyl sites for hydroxylation is 1. The van der Waals surface area contributed by atoms with Crippen LogP contribution in [0.15, 0.2) is 45.9 Å². The van der Waals surface area contributed by atoms with Gasteiger partial charge in [0.2, 0.25) is 5.88 Å². The van der Waals surface area contributed by atoms with E-state index in [4.69, 9.17) is 18.6 Å². The molecule has 11 nitrogen and oxygen atoms in total. The summed E-state index contributed by atoms with van der Waals surface area (Å²) in [6.45, 7) is 7.88. The normalized spacial score (nSPS) is 16.2. The number of ether oxygens (including phenoxy) is 3. The van der Waals surface area contributed by atoms with Crippen molar-refractivity contribution in [3.05, 3.63) is 59.0 Å². The molecule has 5 rings (SSSR count). The van der Waals surface area contributed by atoms with Gasteiger partial charge >= 0.3 is 5.97 Å². The molecule has 0 aliphatic carbocycles. The van der Waals surface area contributed by atoms with Crippen molar-refractivity contribution < 1.29 is 28.5 Å². The molecule has 41 heavy (non-hydrogen) atoms. The van der Waals surface area contributed by atoms with E-state index in [9.17, 15) is 9.90 Å². The highest BCUT2D eigenvalue weighted by Gasteiger charge is 2.28. The SMILES string of the molecule is COCCOC(=O)c1c(Nc2ccc(OCCN3CCN(C)CC3)cc2C)oc(C=C2C=Nc3ncccc32)c1O. The number of pyridine rings is 1. The Kier molecular flexibility index (Phi) is 8.98. The predicted octanol–water partition coefficient (Wildman–Crippen LogP) is 4.12. The number of fused-ring (bicyclic) bond motifs is 1. The second-order valence-electron chi connectivity index (χ2n) is 9.98. The van der Waals surface area contributed by atoms with Crippen molar-refractivity contribution in [1.29, 1.82) is 0 Å². The number of aliphatic imine (C=N–C) groups is 1. The van der Waals surface area contributed by atoms with Gasteiger partial charge in [0.1, 0.15) is 19.0 Å². The highest BCUT2D eigenvalue weighted by molar-refractivity contribution is 6.21. The van der Waals surface area contributed by atoms with E-state index in [1.807, 2.05) is 31.2 Å². The van der Waals surface area contributed by atoms with Gasteiger partial charge in [0.25, 0.3) is 0 Å². The summed E-state index contributed by atoms with van der Waals surface area (Å²) in [5.41, 5.74) is 2.94. The maximum atomic E-state index is 13.0. The number of methoxy groups -OCH3 is 1. The number of benzene rings is 1. The number of likely N-dealkylation sites (N-methyl/N-ethyl adjacent to an activating group) is 1. The molecule has 1 aromatic carbocycles. The number of hydrogen-bond donors (Lipinski definition) is 2. The minimum absolute atomic E-state index is 0.0285. The molecule has 0 spiro atoms. The fraction of sp³-hybridized carbons (Fsp3) is 0.367. The number of aromatic hydroxyl groups is 1. The third-order valence-corrected chi connectivity index (χ3v) is 7.06.